The van der Waals surface area contributed by atoms with E-state index in [1.807, 2.05) is 24.4 Å². The van der Waals surface area contributed by atoms with E-state index in [2.05, 4.69) is 162 Å². The first kappa shape index (κ1) is 30.0. The molecule has 0 saturated carbocycles. The van der Waals surface area contributed by atoms with Gasteiger partial charge in [-0.3, -0.25) is 4.98 Å². The first-order valence-corrected chi connectivity index (χ1v) is 18.7. The van der Waals surface area contributed by atoms with Gasteiger partial charge in [-0.1, -0.05) is 97.1 Å². The molecule has 55 heavy (non-hydrogen) atoms. The van der Waals surface area contributed by atoms with Gasteiger partial charge in [-0.15, -0.1) is 0 Å². The lowest BCUT2D eigenvalue weighted by Crippen LogP contribution is -1.94. The molecule has 0 radical (unpaired) electrons. The molecule has 2 aromatic heterocycles. The monoisotopic (exact) mass is 695 g/mol. The predicted octanol–water partition coefficient (Wildman–Crippen LogP) is 13.7. The molecule has 0 saturated heterocycles. The lowest BCUT2D eigenvalue weighted by molar-refractivity contribution is 1.18. The number of fused-ring (bicyclic) bond motifs is 1. The van der Waals surface area contributed by atoms with Gasteiger partial charge in [0.05, 0.1) is 28.4 Å². The Hall–Kier alpha value is -7.54. The smallest absolute Gasteiger partial charge is 0.0992 e. The van der Waals surface area contributed by atoms with Crippen molar-refractivity contribution in [2.45, 2.75) is 0 Å². The van der Waals surface area contributed by atoms with Gasteiger partial charge in [0, 0.05) is 33.8 Å². The summed E-state index contributed by atoms with van der Waals surface area (Å²) in [5.41, 5.74) is 10.6. The number of benzene rings is 10. The van der Waals surface area contributed by atoms with Crippen molar-refractivity contribution in [1.29, 1.82) is 5.26 Å². The average molecular weight is 696 g/mol. The summed E-state index contributed by atoms with van der Waals surface area (Å²) < 4.78 is 2.30. The highest BCUT2D eigenvalue weighted by Crippen LogP contribution is 2.43. The van der Waals surface area contributed by atoms with Gasteiger partial charge < -0.3 is 4.57 Å². The zero-order chi connectivity index (χ0) is 36.2. The summed E-state index contributed by atoms with van der Waals surface area (Å²) in [6.07, 6.45) is 2.00. The van der Waals surface area contributed by atoms with E-state index < -0.39 is 0 Å². The van der Waals surface area contributed by atoms with Crippen LogP contribution in [0.1, 0.15) is 5.56 Å². The van der Waals surface area contributed by atoms with Crippen molar-refractivity contribution >= 4 is 75.7 Å². The van der Waals surface area contributed by atoms with Gasteiger partial charge in [-0.25, -0.2) is 0 Å². The molecule has 0 unspecified atom stereocenters. The van der Waals surface area contributed by atoms with Crippen LogP contribution in [0.3, 0.4) is 0 Å². The minimum absolute atomic E-state index is 0.661. The minimum atomic E-state index is 0.661. The Morgan fingerprint density at radius 3 is 1.53 bits per heavy atom. The average Bonchev–Trinajstić information content (AvgIpc) is 3.59. The molecule has 0 aliphatic heterocycles. The molecule has 0 spiro atoms. The highest BCUT2D eigenvalue weighted by Gasteiger charge is 2.19. The molecule has 0 bridgehead atoms. The molecule has 252 valence electrons. The van der Waals surface area contributed by atoms with Gasteiger partial charge in [-0.05, 0) is 143 Å². The molecule has 12 rings (SSSR count). The highest BCUT2D eigenvalue weighted by molar-refractivity contribution is 6.26. The summed E-state index contributed by atoms with van der Waals surface area (Å²) >= 11 is 0. The van der Waals surface area contributed by atoms with Crippen LogP contribution in [-0.4, -0.2) is 9.55 Å². The standard InChI is InChI=1S/C52H29N3/c53-29-31-20-35-12-17-40-25-43(28-48-52(40)51(35)47(21-31)55(48)45-8-2-1-3-9-45)41-18-19-46(54-30-41)44-26-38-15-13-36-23-42(24-37-14-16-39(27-44)50(38)49(36)37)34-11-10-32-6-4-5-7-33(32)22-34/h1-28,30H. The Morgan fingerprint density at radius 2 is 0.891 bits per heavy atom. The zero-order valence-corrected chi connectivity index (χ0v) is 29.6. The summed E-state index contributed by atoms with van der Waals surface area (Å²) in [6, 6.07) is 63.6. The molecule has 0 amide bonds. The Morgan fingerprint density at radius 1 is 0.382 bits per heavy atom. The van der Waals surface area contributed by atoms with Crippen LogP contribution in [0.5, 0.6) is 0 Å². The molecule has 0 atom stereocenters. The normalized spacial score (nSPS) is 12.0. The third kappa shape index (κ3) is 4.46. The lowest BCUT2D eigenvalue weighted by atomic mass is 9.89. The molecule has 3 heteroatoms. The molecular formula is C52H29N3. The number of pyridine rings is 1. The molecule has 0 fully saturated rings. The van der Waals surface area contributed by atoms with Gasteiger partial charge in [0.1, 0.15) is 0 Å². The quantitative estimate of drug-likeness (QED) is 0.172. The van der Waals surface area contributed by atoms with Gasteiger partial charge >= 0.3 is 0 Å². The second kappa shape index (κ2) is 11.2. The van der Waals surface area contributed by atoms with E-state index in [0.717, 1.165) is 44.5 Å². The fraction of sp³-hybridized carbons (Fsp3) is 0. The molecule has 3 nitrogen and oxygen atoms in total. The summed E-state index contributed by atoms with van der Waals surface area (Å²) in [7, 11) is 0. The van der Waals surface area contributed by atoms with E-state index in [0.29, 0.717) is 5.56 Å². The fourth-order valence-electron chi connectivity index (χ4n) is 9.11. The second-order valence-corrected chi connectivity index (χ2v) is 14.8. The topological polar surface area (TPSA) is 41.6 Å². The summed E-state index contributed by atoms with van der Waals surface area (Å²) in [4.78, 5) is 5.06. The van der Waals surface area contributed by atoms with Crippen molar-refractivity contribution in [3.05, 3.63) is 182 Å². The number of hydrogen-bond donors (Lipinski definition) is 0. The molecule has 10 aromatic carbocycles. The number of hydrogen-bond acceptors (Lipinski definition) is 2. The molecule has 2 heterocycles. The van der Waals surface area contributed by atoms with E-state index in [1.165, 1.54) is 70.4 Å². The van der Waals surface area contributed by atoms with E-state index in [9.17, 15) is 5.26 Å². The van der Waals surface area contributed by atoms with Crippen LogP contribution in [-0.2, 0) is 0 Å². The van der Waals surface area contributed by atoms with E-state index in [-0.39, 0.29) is 0 Å². The maximum absolute atomic E-state index is 9.87. The third-order valence-corrected chi connectivity index (χ3v) is 11.6. The SMILES string of the molecule is N#Cc1cc2ccc3cc(-c4ccc(-c5cc6ccc7cc(-c8ccc9ccccc9c8)cc8ccc(c5)c6c78)nc4)cc4c3c2c(c1)n4-c1ccccc1. The van der Waals surface area contributed by atoms with Crippen molar-refractivity contribution in [3.8, 4) is 45.3 Å². The Bertz CT molecular complexity index is 3470. The van der Waals surface area contributed by atoms with Crippen molar-refractivity contribution in [2.75, 3.05) is 0 Å². The Balaban J connectivity index is 0.951. The molecule has 0 aliphatic rings. The second-order valence-electron chi connectivity index (χ2n) is 14.8. The molecule has 12 aromatic rings. The van der Waals surface area contributed by atoms with Gasteiger partial charge in [0.2, 0.25) is 0 Å². The first-order chi connectivity index (χ1) is 27.2. The van der Waals surface area contributed by atoms with Crippen molar-refractivity contribution in [2.24, 2.45) is 0 Å². The van der Waals surface area contributed by atoms with Crippen LogP contribution >= 0.6 is 0 Å². The largest absolute Gasteiger partial charge is 0.309 e. The zero-order valence-electron chi connectivity index (χ0n) is 29.6. The number of aromatic nitrogens is 2. The lowest BCUT2D eigenvalue weighted by Gasteiger charge is -2.15. The minimum Gasteiger partial charge on any atom is -0.309 e. The van der Waals surface area contributed by atoms with E-state index in [4.69, 9.17) is 4.98 Å². The van der Waals surface area contributed by atoms with Crippen LogP contribution in [0.15, 0.2) is 176 Å². The van der Waals surface area contributed by atoms with Crippen molar-refractivity contribution < 1.29 is 0 Å². The van der Waals surface area contributed by atoms with Crippen LogP contribution in [0.25, 0.3) is 115 Å². The molecular weight excluding hydrogens is 667 g/mol. The number of nitrogens with zero attached hydrogens (tertiary/aromatic N) is 3. The summed E-state index contributed by atoms with van der Waals surface area (Å²) in [5, 5.41) is 24.6. The number of nitriles is 1. The molecule has 0 aliphatic carbocycles. The Kier molecular flexibility index (Phi) is 6.12. The van der Waals surface area contributed by atoms with Gasteiger partial charge in [0.25, 0.3) is 0 Å². The summed E-state index contributed by atoms with van der Waals surface area (Å²) in [6.45, 7) is 0. The predicted molar refractivity (Wildman–Crippen MR) is 230 cm³/mol. The maximum atomic E-state index is 9.87. The van der Waals surface area contributed by atoms with Crippen LogP contribution < -0.4 is 0 Å². The van der Waals surface area contributed by atoms with Gasteiger partial charge in [-0.2, -0.15) is 5.26 Å². The van der Waals surface area contributed by atoms with Crippen LogP contribution in [0, 0.1) is 11.3 Å². The van der Waals surface area contributed by atoms with Crippen molar-refractivity contribution in [1.82, 2.24) is 9.55 Å². The van der Waals surface area contributed by atoms with Crippen LogP contribution in [0.2, 0.25) is 0 Å². The first-order valence-electron chi connectivity index (χ1n) is 18.7. The maximum Gasteiger partial charge on any atom is 0.0992 e. The fourth-order valence-corrected chi connectivity index (χ4v) is 9.11. The number of rotatable bonds is 4. The van der Waals surface area contributed by atoms with Gasteiger partial charge in [0.15, 0.2) is 0 Å². The van der Waals surface area contributed by atoms with Crippen molar-refractivity contribution in [3.63, 3.8) is 0 Å². The third-order valence-electron chi connectivity index (χ3n) is 11.6. The van der Waals surface area contributed by atoms with E-state index >= 15 is 0 Å². The Labute approximate surface area is 316 Å². The van der Waals surface area contributed by atoms with E-state index in [1.54, 1.807) is 0 Å². The summed E-state index contributed by atoms with van der Waals surface area (Å²) in [5.74, 6) is 0. The molecule has 0 N–H and O–H groups in total. The number of para-hydroxylation sites is 1. The van der Waals surface area contributed by atoms with Crippen LogP contribution in [0.4, 0.5) is 0 Å². The highest BCUT2D eigenvalue weighted by atomic mass is 15.0.